The summed E-state index contributed by atoms with van der Waals surface area (Å²) in [6.45, 7) is 2.25. The molecule has 0 aliphatic carbocycles. The molecule has 0 atom stereocenters. The molecule has 1 heterocycles. The van der Waals surface area contributed by atoms with E-state index in [-0.39, 0.29) is 6.03 Å². The Labute approximate surface area is 184 Å². The maximum absolute atomic E-state index is 12.4. The van der Waals surface area contributed by atoms with Crippen LogP contribution in [0.4, 0.5) is 10.5 Å². The lowest BCUT2D eigenvalue weighted by atomic mass is 10.2. The minimum atomic E-state index is -0.364. The maximum Gasteiger partial charge on any atom is 0.319 e. The number of hydrogen-bond acceptors (Lipinski definition) is 6. The highest BCUT2D eigenvalue weighted by Gasteiger charge is 2.16. The Morgan fingerprint density at radius 3 is 2.37 bits per heavy atom. The normalized spacial score (nSPS) is 10.4. The Bertz CT molecular complexity index is 1030. The van der Waals surface area contributed by atoms with E-state index < -0.39 is 0 Å². The van der Waals surface area contributed by atoms with Crippen molar-refractivity contribution in [3.05, 3.63) is 52.0 Å². The number of urea groups is 1. The first kappa shape index (κ1) is 21.7. The van der Waals surface area contributed by atoms with Crippen LogP contribution in [-0.4, -0.2) is 32.3 Å². The molecule has 30 heavy (non-hydrogen) atoms. The molecule has 0 fully saturated rings. The Balaban J connectivity index is 1.69. The minimum Gasteiger partial charge on any atom is -0.493 e. The summed E-state index contributed by atoms with van der Waals surface area (Å²) in [5.41, 5.74) is 2.24. The van der Waals surface area contributed by atoms with E-state index in [2.05, 4.69) is 15.6 Å². The van der Waals surface area contributed by atoms with E-state index in [4.69, 9.17) is 25.8 Å². The van der Waals surface area contributed by atoms with Gasteiger partial charge in [0.25, 0.3) is 0 Å². The third-order valence-corrected chi connectivity index (χ3v) is 5.85. The first-order valence-electron chi connectivity index (χ1n) is 9.02. The first-order chi connectivity index (χ1) is 14.5. The van der Waals surface area contributed by atoms with Gasteiger partial charge in [0, 0.05) is 22.6 Å². The zero-order valence-electron chi connectivity index (χ0n) is 17.0. The molecule has 158 valence electrons. The SMILES string of the molecule is COc1cc(NC(=O)NCc2sc(-c3ccccc3Cl)nc2C)cc(OC)c1OC. The quantitative estimate of drug-likeness (QED) is 0.525. The molecule has 0 saturated heterocycles. The van der Waals surface area contributed by atoms with Crippen molar-refractivity contribution in [2.45, 2.75) is 13.5 Å². The molecule has 0 radical (unpaired) electrons. The summed E-state index contributed by atoms with van der Waals surface area (Å²) < 4.78 is 15.9. The van der Waals surface area contributed by atoms with E-state index in [0.29, 0.717) is 34.5 Å². The van der Waals surface area contributed by atoms with Crippen LogP contribution in [0.15, 0.2) is 36.4 Å². The second-order valence-electron chi connectivity index (χ2n) is 6.23. The molecular formula is C21H22ClN3O4S. The van der Waals surface area contributed by atoms with Crippen molar-refractivity contribution >= 4 is 34.7 Å². The third-order valence-electron chi connectivity index (χ3n) is 4.33. The van der Waals surface area contributed by atoms with Crippen molar-refractivity contribution in [3.8, 4) is 27.8 Å². The number of halogens is 1. The van der Waals surface area contributed by atoms with Crippen LogP contribution in [0, 0.1) is 6.92 Å². The molecule has 3 rings (SSSR count). The second kappa shape index (κ2) is 9.69. The largest absolute Gasteiger partial charge is 0.493 e. The van der Waals surface area contributed by atoms with Gasteiger partial charge in [0.2, 0.25) is 5.75 Å². The van der Waals surface area contributed by atoms with Crippen molar-refractivity contribution in [1.82, 2.24) is 10.3 Å². The summed E-state index contributed by atoms with van der Waals surface area (Å²) in [5.74, 6) is 1.36. The fourth-order valence-corrected chi connectivity index (χ4v) is 4.15. The number of rotatable bonds is 7. The van der Waals surface area contributed by atoms with Crippen LogP contribution in [0.5, 0.6) is 17.2 Å². The number of nitrogens with one attached hydrogen (secondary N) is 2. The molecule has 0 spiro atoms. The lowest BCUT2D eigenvalue weighted by Gasteiger charge is -2.14. The van der Waals surface area contributed by atoms with Crippen LogP contribution >= 0.6 is 22.9 Å². The number of ether oxygens (including phenoxy) is 3. The predicted octanol–water partition coefficient (Wildman–Crippen LogP) is 5.12. The standard InChI is InChI=1S/C21H22ClN3O4S/c1-12-18(30-20(24-12)14-7-5-6-8-15(14)22)11-23-21(26)25-13-9-16(27-2)19(29-4)17(10-13)28-3/h5-10H,11H2,1-4H3,(H2,23,25,26). The highest BCUT2D eigenvalue weighted by molar-refractivity contribution is 7.15. The van der Waals surface area contributed by atoms with Crippen LogP contribution in [0.2, 0.25) is 5.02 Å². The Hall–Kier alpha value is -2.97. The maximum atomic E-state index is 12.4. The molecule has 2 N–H and O–H groups in total. The van der Waals surface area contributed by atoms with E-state index >= 15 is 0 Å². The number of carbonyl (C=O) groups is 1. The van der Waals surface area contributed by atoms with E-state index in [9.17, 15) is 4.79 Å². The summed E-state index contributed by atoms with van der Waals surface area (Å²) in [4.78, 5) is 17.9. The summed E-state index contributed by atoms with van der Waals surface area (Å²) in [7, 11) is 4.56. The number of aromatic nitrogens is 1. The van der Waals surface area contributed by atoms with Gasteiger partial charge in [0.05, 0.1) is 44.3 Å². The molecule has 0 bridgehead atoms. The second-order valence-corrected chi connectivity index (χ2v) is 7.72. The Morgan fingerprint density at radius 2 is 1.77 bits per heavy atom. The summed E-state index contributed by atoms with van der Waals surface area (Å²) in [6.07, 6.45) is 0. The number of carbonyl (C=O) groups excluding carboxylic acids is 1. The number of amides is 2. The van der Waals surface area contributed by atoms with Crippen LogP contribution in [0.1, 0.15) is 10.6 Å². The number of aryl methyl sites for hydroxylation is 1. The van der Waals surface area contributed by atoms with Gasteiger partial charge in [-0.3, -0.25) is 0 Å². The molecular weight excluding hydrogens is 426 g/mol. The molecule has 0 aliphatic heterocycles. The average molecular weight is 448 g/mol. The van der Waals surface area contributed by atoms with E-state index in [1.807, 2.05) is 31.2 Å². The topological polar surface area (TPSA) is 81.7 Å². The lowest BCUT2D eigenvalue weighted by Crippen LogP contribution is -2.28. The Kier molecular flexibility index (Phi) is 7.02. The van der Waals surface area contributed by atoms with Gasteiger partial charge >= 0.3 is 6.03 Å². The Morgan fingerprint density at radius 1 is 1.10 bits per heavy atom. The monoisotopic (exact) mass is 447 g/mol. The van der Waals surface area contributed by atoms with Crippen LogP contribution in [-0.2, 0) is 6.54 Å². The van der Waals surface area contributed by atoms with Gasteiger partial charge in [0.1, 0.15) is 5.01 Å². The van der Waals surface area contributed by atoms with Crippen molar-refractivity contribution in [1.29, 1.82) is 0 Å². The van der Waals surface area contributed by atoms with Crippen LogP contribution in [0.25, 0.3) is 10.6 Å². The van der Waals surface area contributed by atoms with Crippen molar-refractivity contribution in [2.75, 3.05) is 26.6 Å². The zero-order valence-corrected chi connectivity index (χ0v) is 18.6. The molecule has 0 aliphatic rings. The molecule has 2 amide bonds. The molecule has 9 heteroatoms. The molecule has 1 aromatic heterocycles. The van der Waals surface area contributed by atoms with Gasteiger partial charge in [-0.1, -0.05) is 29.8 Å². The fraction of sp³-hybridized carbons (Fsp3) is 0.238. The van der Waals surface area contributed by atoms with Crippen LogP contribution in [0.3, 0.4) is 0 Å². The number of nitrogens with zero attached hydrogens (tertiary/aromatic N) is 1. The molecule has 0 unspecified atom stereocenters. The van der Waals surface area contributed by atoms with Gasteiger partial charge < -0.3 is 24.8 Å². The number of hydrogen-bond donors (Lipinski definition) is 2. The van der Waals surface area contributed by atoms with Gasteiger partial charge in [-0.2, -0.15) is 0 Å². The minimum absolute atomic E-state index is 0.338. The smallest absolute Gasteiger partial charge is 0.319 e. The molecule has 0 saturated carbocycles. The van der Waals surface area contributed by atoms with Crippen molar-refractivity contribution < 1.29 is 19.0 Å². The van der Waals surface area contributed by atoms with Gasteiger partial charge in [-0.05, 0) is 13.0 Å². The lowest BCUT2D eigenvalue weighted by molar-refractivity contribution is 0.252. The summed E-state index contributed by atoms with van der Waals surface area (Å²) in [5, 5.41) is 7.09. The number of anilines is 1. The predicted molar refractivity (Wildman–Crippen MR) is 119 cm³/mol. The van der Waals surface area contributed by atoms with E-state index in [1.54, 1.807) is 12.1 Å². The van der Waals surface area contributed by atoms with E-state index in [0.717, 1.165) is 21.1 Å². The fourth-order valence-electron chi connectivity index (χ4n) is 2.83. The number of benzene rings is 2. The van der Waals surface area contributed by atoms with Crippen molar-refractivity contribution in [3.63, 3.8) is 0 Å². The van der Waals surface area contributed by atoms with Gasteiger partial charge in [-0.25, -0.2) is 9.78 Å². The van der Waals surface area contributed by atoms with Gasteiger partial charge in [-0.15, -0.1) is 11.3 Å². The molecule has 3 aromatic rings. The summed E-state index contributed by atoms with van der Waals surface area (Å²) in [6, 6.07) is 10.5. The van der Waals surface area contributed by atoms with E-state index in [1.165, 1.54) is 32.7 Å². The average Bonchev–Trinajstić information content (AvgIpc) is 3.12. The van der Waals surface area contributed by atoms with Crippen LogP contribution < -0.4 is 24.8 Å². The van der Waals surface area contributed by atoms with Gasteiger partial charge in [0.15, 0.2) is 11.5 Å². The number of methoxy groups -OCH3 is 3. The first-order valence-corrected chi connectivity index (χ1v) is 10.2. The molecule has 7 nitrogen and oxygen atoms in total. The highest BCUT2D eigenvalue weighted by Crippen LogP contribution is 2.40. The number of thiazole rings is 1. The van der Waals surface area contributed by atoms with Crippen molar-refractivity contribution in [2.24, 2.45) is 0 Å². The zero-order chi connectivity index (χ0) is 21.7. The molecule has 2 aromatic carbocycles. The highest BCUT2D eigenvalue weighted by atomic mass is 35.5. The summed E-state index contributed by atoms with van der Waals surface area (Å²) >= 11 is 7.76. The third kappa shape index (κ3) is 4.77.